The van der Waals surface area contributed by atoms with E-state index in [2.05, 4.69) is 21.0 Å². The Bertz CT molecular complexity index is 1070. The molecule has 3 aromatic rings. The van der Waals surface area contributed by atoms with E-state index in [-0.39, 0.29) is 5.78 Å². The van der Waals surface area contributed by atoms with E-state index in [1.54, 1.807) is 23.9 Å². The van der Waals surface area contributed by atoms with Gasteiger partial charge < -0.3 is 9.47 Å². The van der Waals surface area contributed by atoms with Crippen molar-refractivity contribution in [3.63, 3.8) is 0 Å². The van der Waals surface area contributed by atoms with Crippen LogP contribution in [0.3, 0.4) is 0 Å². The SMILES string of the molecule is COc1ccc(/C=C/C(=O)c2c(C)nn(C)c2C)cc1COc1ccccc1Br. The van der Waals surface area contributed by atoms with Gasteiger partial charge in [0.2, 0.25) is 0 Å². The van der Waals surface area contributed by atoms with Gasteiger partial charge in [-0.1, -0.05) is 24.3 Å². The number of carbonyl (C=O) groups excluding carboxylic acids is 1. The molecule has 0 bridgehead atoms. The van der Waals surface area contributed by atoms with Crippen LogP contribution in [0, 0.1) is 13.8 Å². The first-order valence-electron chi connectivity index (χ1n) is 9.17. The molecule has 0 saturated carbocycles. The van der Waals surface area contributed by atoms with Crippen molar-refractivity contribution in [2.24, 2.45) is 7.05 Å². The third kappa shape index (κ3) is 4.77. The van der Waals surface area contributed by atoms with Crippen LogP contribution in [0.2, 0.25) is 0 Å². The molecule has 5 nitrogen and oxygen atoms in total. The van der Waals surface area contributed by atoms with Crippen LogP contribution in [0.5, 0.6) is 11.5 Å². The van der Waals surface area contributed by atoms with Crippen molar-refractivity contribution in [1.29, 1.82) is 0 Å². The fourth-order valence-corrected chi connectivity index (χ4v) is 3.52. The summed E-state index contributed by atoms with van der Waals surface area (Å²) in [5.74, 6) is 1.43. The number of aryl methyl sites for hydroxylation is 2. The predicted octanol–water partition coefficient (Wildman–Crippen LogP) is 5.28. The first-order valence-corrected chi connectivity index (χ1v) is 9.97. The zero-order chi connectivity index (χ0) is 21.0. The molecule has 0 unspecified atom stereocenters. The van der Waals surface area contributed by atoms with Gasteiger partial charge in [0, 0.05) is 18.3 Å². The largest absolute Gasteiger partial charge is 0.496 e. The van der Waals surface area contributed by atoms with Crippen LogP contribution in [0.25, 0.3) is 6.08 Å². The molecule has 0 saturated heterocycles. The molecule has 6 heteroatoms. The number of methoxy groups -OCH3 is 1. The number of rotatable bonds is 7. The van der Waals surface area contributed by atoms with Crippen LogP contribution in [-0.2, 0) is 13.7 Å². The number of hydrogen-bond acceptors (Lipinski definition) is 4. The third-order valence-electron chi connectivity index (χ3n) is 4.71. The minimum Gasteiger partial charge on any atom is -0.496 e. The molecule has 0 atom stereocenters. The quantitative estimate of drug-likeness (QED) is 0.359. The Morgan fingerprint density at radius 2 is 1.93 bits per heavy atom. The van der Waals surface area contributed by atoms with Gasteiger partial charge in [-0.15, -0.1) is 0 Å². The standard InChI is InChI=1S/C23H23BrN2O3/c1-15-23(16(2)26(3)25-15)20(27)11-9-17-10-12-21(28-4)18(13-17)14-29-22-8-6-5-7-19(22)24/h5-13H,14H2,1-4H3/b11-9+. The van der Waals surface area contributed by atoms with E-state index in [0.717, 1.165) is 38.5 Å². The molecular weight excluding hydrogens is 432 g/mol. The summed E-state index contributed by atoms with van der Waals surface area (Å²) in [5, 5.41) is 4.31. The molecule has 3 rings (SSSR count). The Labute approximate surface area is 179 Å². The number of allylic oxidation sites excluding steroid dienone is 1. The lowest BCUT2D eigenvalue weighted by molar-refractivity contribution is 0.104. The van der Waals surface area contributed by atoms with Crippen molar-refractivity contribution in [2.45, 2.75) is 20.5 Å². The molecular formula is C23H23BrN2O3. The Morgan fingerprint density at radius 1 is 1.17 bits per heavy atom. The predicted molar refractivity (Wildman–Crippen MR) is 118 cm³/mol. The lowest BCUT2D eigenvalue weighted by Gasteiger charge is -2.12. The summed E-state index contributed by atoms with van der Waals surface area (Å²) in [6.07, 6.45) is 3.38. The molecule has 0 amide bonds. The molecule has 0 spiro atoms. The van der Waals surface area contributed by atoms with Gasteiger partial charge in [0.15, 0.2) is 5.78 Å². The Hall–Kier alpha value is -2.86. The van der Waals surface area contributed by atoms with Gasteiger partial charge in [0.1, 0.15) is 18.1 Å². The molecule has 0 aliphatic rings. The number of nitrogens with zero attached hydrogens (tertiary/aromatic N) is 2. The van der Waals surface area contributed by atoms with Crippen LogP contribution < -0.4 is 9.47 Å². The van der Waals surface area contributed by atoms with Crippen LogP contribution in [0.1, 0.15) is 32.9 Å². The van der Waals surface area contributed by atoms with E-state index < -0.39 is 0 Å². The topological polar surface area (TPSA) is 53.3 Å². The summed E-state index contributed by atoms with van der Waals surface area (Å²) in [5.41, 5.74) is 4.02. The van der Waals surface area contributed by atoms with Crippen LogP contribution >= 0.6 is 15.9 Å². The summed E-state index contributed by atoms with van der Waals surface area (Å²) in [4.78, 5) is 12.6. The summed E-state index contributed by atoms with van der Waals surface area (Å²) in [7, 11) is 3.47. The fraction of sp³-hybridized carbons (Fsp3) is 0.217. The maximum atomic E-state index is 12.6. The highest BCUT2D eigenvalue weighted by Gasteiger charge is 2.15. The van der Waals surface area contributed by atoms with Gasteiger partial charge in [-0.25, -0.2) is 0 Å². The number of carbonyl (C=O) groups is 1. The molecule has 1 aromatic heterocycles. The Morgan fingerprint density at radius 3 is 2.59 bits per heavy atom. The highest BCUT2D eigenvalue weighted by molar-refractivity contribution is 9.10. The first kappa shape index (κ1) is 20.9. The smallest absolute Gasteiger partial charge is 0.189 e. The Balaban J connectivity index is 1.80. The van der Waals surface area contributed by atoms with Crippen LogP contribution in [-0.4, -0.2) is 22.7 Å². The van der Waals surface area contributed by atoms with E-state index in [1.165, 1.54) is 0 Å². The van der Waals surface area contributed by atoms with Gasteiger partial charge in [-0.2, -0.15) is 5.10 Å². The lowest BCUT2D eigenvalue weighted by Crippen LogP contribution is -2.00. The maximum Gasteiger partial charge on any atom is 0.189 e. The van der Waals surface area contributed by atoms with Gasteiger partial charge in [0.25, 0.3) is 0 Å². The monoisotopic (exact) mass is 454 g/mol. The number of para-hydroxylation sites is 1. The average molecular weight is 455 g/mol. The molecule has 0 fully saturated rings. The molecule has 0 N–H and O–H groups in total. The number of hydrogen-bond donors (Lipinski definition) is 0. The third-order valence-corrected chi connectivity index (χ3v) is 5.36. The first-order chi connectivity index (χ1) is 13.9. The highest BCUT2D eigenvalue weighted by atomic mass is 79.9. The van der Waals surface area contributed by atoms with Crippen molar-refractivity contribution in [1.82, 2.24) is 9.78 Å². The van der Waals surface area contributed by atoms with Crippen molar-refractivity contribution in [2.75, 3.05) is 7.11 Å². The van der Waals surface area contributed by atoms with Crippen molar-refractivity contribution < 1.29 is 14.3 Å². The zero-order valence-electron chi connectivity index (χ0n) is 16.9. The second-order valence-electron chi connectivity index (χ2n) is 6.66. The zero-order valence-corrected chi connectivity index (χ0v) is 18.5. The highest BCUT2D eigenvalue weighted by Crippen LogP contribution is 2.27. The van der Waals surface area contributed by atoms with E-state index in [9.17, 15) is 4.79 Å². The van der Waals surface area contributed by atoms with E-state index >= 15 is 0 Å². The molecule has 1 heterocycles. The summed E-state index contributed by atoms with van der Waals surface area (Å²) in [6.45, 7) is 4.09. The fourth-order valence-electron chi connectivity index (χ4n) is 3.12. The summed E-state index contributed by atoms with van der Waals surface area (Å²) >= 11 is 3.48. The second-order valence-corrected chi connectivity index (χ2v) is 7.51. The second kappa shape index (κ2) is 9.09. The molecule has 29 heavy (non-hydrogen) atoms. The lowest BCUT2D eigenvalue weighted by atomic mass is 10.1. The minimum absolute atomic E-state index is 0.0602. The van der Waals surface area contributed by atoms with Gasteiger partial charge in [-0.05, 0) is 65.7 Å². The average Bonchev–Trinajstić information content (AvgIpc) is 2.97. The molecule has 0 radical (unpaired) electrons. The van der Waals surface area contributed by atoms with Crippen LogP contribution in [0.4, 0.5) is 0 Å². The summed E-state index contributed by atoms with van der Waals surface area (Å²) < 4.78 is 14.0. The van der Waals surface area contributed by atoms with Gasteiger partial charge in [0.05, 0.1) is 22.8 Å². The number of ether oxygens (including phenoxy) is 2. The van der Waals surface area contributed by atoms with Crippen molar-refractivity contribution in [3.8, 4) is 11.5 Å². The number of ketones is 1. The number of halogens is 1. The summed E-state index contributed by atoms with van der Waals surface area (Å²) in [6, 6.07) is 13.4. The Kier molecular flexibility index (Phi) is 6.54. The molecule has 0 aliphatic carbocycles. The van der Waals surface area contributed by atoms with E-state index in [4.69, 9.17) is 9.47 Å². The molecule has 2 aromatic carbocycles. The molecule has 0 aliphatic heterocycles. The van der Waals surface area contributed by atoms with Crippen LogP contribution in [0.15, 0.2) is 53.0 Å². The van der Waals surface area contributed by atoms with Crippen molar-refractivity contribution in [3.05, 3.63) is 81.1 Å². The van der Waals surface area contributed by atoms with E-state index in [1.807, 2.05) is 63.4 Å². The number of benzene rings is 2. The normalized spacial score (nSPS) is 11.1. The van der Waals surface area contributed by atoms with E-state index in [0.29, 0.717) is 12.2 Å². The minimum atomic E-state index is -0.0602. The number of aromatic nitrogens is 2. The van der Waals surface area contributed by atoms with Crippen molar-refractivity contribution >= 4 is 27.8 Å². The van der Waals surface area contributed by atoms with Gasteiger partial charge >= 0.3 is 0 Å². The van der Waals surface area contributed by atoms with Gasteiger partial charge in [-0.3, -0.25) is 9.48 Å². The maximum absolute atomic E-state index is 12.6. The molecule has 150 valence electrons.